The maximum atomic E-state index is 11.8. The molecule has 0 fully saturated rings. The first-order valence-corrected chi connectivity index (χ1v) is 4.43. The van der Waals surface area contributed by atoms with Crippen molar-refractivity contribution in [1.29, 1.82) is 5.26 Å². The smallest absolute Gasteiger partial charge is 0.298 e. The maximum Gasteiger partial charge on any atom is 0.298 e. The summed E-state index contributed by atoms with van der Waals surface area (Å²) in [5.74, 6) is -0.433. The Labute approximate surface area is 90.9 Å². The first kappa shape index (κ1) is 9.86. The summed E-state index contributed by atoms with van der Waals surface area (Å²) in [6.45, 7) is 0. The molecule has 0 unspecified atom stereocenters. The van der Waals surface area contributed by atoms with Crippen molar-refractivity contribution in [3.63, 3.8) is 0 Å². The number of hydrogen-bond acceptors (Lipinski definition) is 5. The lowest BCUT2D eigenvalue weighted by Crippen LogP contribution is -2.17. The van der Waals surface area contributed by atoms with Crippen molar-refractivity contribution < 1.29 is 4.79 Å². The lowest BCUT2D eigenvalue weighted by molar-refractivity contribution is 0.0943. The van der Waals surface area contributed by atoms with E-state index in [1.807, 2.05) is 6.07 Å². The van der Waals surface area contributed by atoms with Crippen molar-refractivity contribution in [2.75, 3.05) is 5.73 Å². The highest BCUT2D eigenvalue weighted by Crippen LogP contribution is 2.10. The molecule has 2 aromatic heterocycles. The molecule has 0 atom stereocenters. The molecule has 2 rings (SSSR count). The Morgan fingerprint density at radius 2 is 2.31 bits per heavy atom. The van der Waals surface area contributed by atoms with Crippen LogP contribution in [0, 0.1) is 11.3 Å². The summed E-state index contributed by atoms with van der Waals surface area (Å²) in [5, 5.41) is 12.4. The SMILES string of the molecule is N#Cc1cnn(C(=O)c2ccccn2)c1N. The Bertz CT molecular complexity index is 567. The van der Waals surface area contributed by atoms with Crippen molar-refractivity contribution in [2.24, 2.45) is 0 Å². The highest BCUT2D eigenvalue weighted by Gasteiger charge is 2.15. The Hall–Kier alpha value is -2.68. The minimum atomic E-state index is -0.459. The van der Waals surface area contributed by atoms with Crippen LogP contribution in [0.3, 0.4) is 0 Å². The number of pyridine rings is 1. The van der Waals surface area contributed by atoms with Gasteiger partial charge < -0.3 is 5.73 Å². The van der Waals surface area contributed by atoms with Crippen molar-refractivity contribution in [1.82, 2.24) is 14.8 Å². The maximum absolute atomic E-state index is 11.8. The molecule has 0 amide bonds. The van der Waals surface area contributed by atoms with Crippen LogP contribution >= 0.6 is 0 Å². The van der Waals surface area contributed by atoms with Crippen molar-refractivity contribution in [3.05, 3.63) is 41.9 Å². The highest BCUT2D eigenvalue weighted by atomic mass is 16.2. The van der Waals surface area contributed by atoms with Crippen molar-refractivity contribution in [3.8, 4) is 6.07 Å². The van der Waals surface area contributed by atoms with E-state index in [0.717, 1.165) is 4.68 Å². The molecule has 16 heavy (non-hydrogen) atoms. The molecule has 6 heteroatoms. The molecule has 78 valence electrons. The third-order valence-corrected chi connectivity index (χ3v) is 2.00. The molecule has 6 nitrogen and oxygen atoms in total. The molecule has 0 bridgehead atoms. The van der Waals surface area contributed by atoms with Gasteiger partial charge in [-0.3, -0.25) is 9.78 Å². The van der Waals surface area contributed by atoms with Crippen LogP contribution in [0.4, 0.5) is 5.82 Å². The number of nitrogens with two attached hydrogens (primary N) is 1. The summed E-state index contributed by atoms with van der Waals surface area (Å²) < 4.78 is 0.959. The number of nitrogens with zero attached hydrogens (tertiary/aromatic N) is 4. The molecule has 2 aromatic rings. The molecular weight excluding hydrogens is 206 g/mol. The topological polar surface area (TPSA) is 97.6 Å². The number of hydrogen-bond donors (Lipinski definition) is 1. The molecular formula is C10H7N5O. The van der Waals surface area contributed by atoms with E-state index in [1.54, 1.807) is 18.2 Å². The van der Waals surface area contributed by atoms with Crippen molar-refractivity contribution >= 4 is 11.7 Å². The minimum Gasteiger partial charge on any atom is -0.382 e. The van der Waals surface area contributed by atoms with Crippen LogP contribution in [0.1, 0.15) is 16.1 Å². The van der Waals surface area contributed by atoms with E-state index in [-0.39, 0.29) is 17.1 Å². The summed E-state index contributed by atoms with van der Waals surface area (Å²) >= 11 is 0. The van der Waals surface area contributed by atoms with Gasteiger partial charge in [0.15, 0.2) is 0 Å². The number of carbonyl (C=O) groups excluding carboxylic acids is 1. The van der Waals surface area contributed by atoms with Crippen LogP contribution < -0.4 is 5.73 Å². The fraction of sp³-hybridized carbons (Fsp3) is 0. The summed E-state index contributed by atoms with van der Waals surface area (Å²) in [5.41, 5.74) is 5.98. The fourth-order valence-electron chi connectivity index (χ4n) is 1.20. The second kappa shape index (κ2) is 3.82. The van der Waals surface area contributed by atoms with E-state index < -0.39 is 5.91 Å². The van der Waals surface area contributed by atoms with Gasteiger partial charge in [-0.15, -0.1) is 0 Å². The number of anilines is 1. The normalized spacial score (nSPS) is 9.69. The van der Waals surface area contributed by atoms with E-state index in [2.05, 4.69) is 10.1 Å². The molecule has 0 aromatic carbocycles. The van der Waals surface area contributed by atoms with E-state index in [1.165, 1.54) is 12.4 Å². The first-order chi connectivity index (χ1) is 7.74. The van der Waals surface area contributed by atoms with E-state index in [9.17, 15) is 4.79 Å². The molecule has 0 spiro atoms. The Balaban J connectivity index is 2.43. The number of nitrogen functional groups attached to an aromatic ring is 1. The quantitative estimate of drug-likeness (QED) is 0.740. The standard InChI is InChI=1S/C10H7N5O/c11-5-7-6-14-15(9(7)12)10(16)8-3-1-2-4-13-8/h1-4,6H,12H2. The zero-order valence-electron chi connectivity index (χ0n) is 8.16. The van der Waals surface area contributed by atoms with Gasteiger partial charge in [0.1, 0.15) is 23.1 Å². The first-order valence-electron chi connectivity index (χ1n) is 4.43. The highest BCUT2D eigenvalue weighted by molar-refractivity contribution is 5.95. The van der Waals surface area contributed by atoms with Gasteiger partial charge in [-0.1, -0.05) is 6.07 Å². The van der Waals surface area contributed by atoms with Gasteiger partial charge in [0, 0.05) is 6.20 Å². The fourth-order valence-corrected chi connectivity index (χ4v) is 1.20. The van der Waals surface area contributed by atoms with Gasteiger partial charge in [-0.25, -0.2) is 0 Å². The molecule has 0 aliphatic rings. The average molecular weight is 213 g/mol. The number of nitriles is 1. The molecule has 0 aliphatic heterocycles. The Kier molecular flexibility index (Phi) is 2.36. The van der Waals surface area contributed by atoms with Gasteiger partial charge in [0.05, 0.1) is 6.20 Å². The van der Waals surface area contributed by atoms with Gasteiger partial charge in [0.2, 0.25) is 0 Å². The molecule has 0 aliphatic carbocycles. The lowest BCUT2D eigenvalue weighted by atomic mass is 10.3. The number of rotatable bonds is 1. The van der Waals surface area contributed by atoms with Gasteiger partial charge in [0.25, 0.3) is 5.91 Å². The molecule has 2 N–H and O–H groups in total. The molecule has 0 radical (unpaired) electrons. The summed E-state index contributed by atoms with van der Waals surface area (Å²) in [6, 6.07) is 6.78. The molecule has 0 saturated heterocycles. The molecule has 0 saturated carbocycles. The van der Waals surface area contributed by atoms with Crippen LogP contribution in [-0.2, 0) is 0 Å². The monoisotopic (exact) mass is 213 g/mol. The summed E-state index contributed by atoms with van der Waals surface area (Å²) in [7, 11) is 0. The van der Waals surface area contributed by atoms with Gasteiger partial charge in [-0.2, -0.15) is 15.0 Å². The summed E-state index contributed by atoms with van der Waals surface area (Å²) in [4.78, 5) is 15.7. The second-order valence-electron chi connectivity index (χ2n) is 2.99. The predicted molar refractivity (Wildman–Crippen MR) is 55.3 cm³/mol. The van der Waals surface area contributed by atoms with E-state index in [0.29, 0.717) is 0 Å². The minimum absolute atomic E-state index is 0.0261. The van der Waals surface area contributed by atoms with E-state index >= 15 is 0 Å². The van der Waals surface area contributed by atoms with Crippen LogP contribution in [0.25, 0.3) is 0 Å². The summed E-state index contributed by atoms with van der Waals surface area (Å²) in [6.07, 6.45) is 2.74. The predicted octanol–water partition coefficient (Wildman–Crippen LogP) is 0.420. The second-order valence-corrected chi connectivity index (χ2v) is 2.99. The van der Waals surface area contributed by atoms with Crippen LogP contribution in [0.15, 0.2) is 30.6 Å². The van der Waals surface area contributed by atoms with Crippen LogP contribution in [0.2, 0.25) is 0 Å². The van der Waals surface area contributed by atoms with Crippen molar-refractivity contribution in [2.45, 2.75) is 0 Å². The Morgan fingerprint density at radius 1 is 1.50 bits per heavy atom. The largest absolute Gasteiger partial charge is 0.382 e. The molecule has 2 heterocycles. The van der Waals surface area contributed by atoms with Gasteiger partial charge in [-0.05, 0) is 12.1 Å². The van der Waals surface area contributed by atoms with Gasteiger partial charge >= 0.3 is 0 Å². The zero-order valence-corrected chi connectivity index (χ0v) is 8.16. The van der Waals surface area contributed by atoms with Crippen LogP contribution in [0.5, 0.6) is 0 Å². The van der Waals surface area contributed by atoms with E-state index in [4.69, 9.17) is 11.0 Å². The lowest BCUT2D eigenvalue weighted by Gasteiger charge is -2.01. The Morgan fingerprint density at radius 3 is 2.88 bits per heavy atom. The third-order valence-electron chi connectivity index (χ3n) is 2.00. The third kappa shape index (κ3) is 1.50. The number of aromatic nitrogens is 3. The van der Waals surface area contributed by atoms with Crippen LogP contribution in [-0.4, -0.2) is 20.7 Å². The number of carbonyl (C=O) groups is 1. The zero-order chi connectivity index (χ0) is 11.5. The average Bonchev–Trinajstić information content (AvgIpc) is 2.70.